The van der Waals surface area contributed by atoms with Crippen molar-refractivity contribution >= 4 is 34.7 Å². The lowest BCUT2D eigenvalue weighted by Gasteiger charge is -2.28. The number of pyridine rings is 2. The monoisotopic (exact) mass is 530 g/mol. The Kier molecular flexibility index (Phi) is 6.46. The molecule has 1 saturated carbocycles. The molecule has 2 N–H and O–H groups in total. The maximum Gasteiger partial charge on any atom is 0.228 e. The van der Waals surface area contributed by atoms with Crippen LogP contribution in [-0.2, 0) is 22.0 Å². The van der Waals surface area contributed by atoms with Gasteiger partial charge in [-0.05, 0) is 31.7 Å². The van der Waals surface area contributed by atoms with Gasteiger partial charge in [0, 0.05) is 61.7 Å². The molecule has 4 aromatic heterocycles. The van der Waals surface area contributed by atoms with E-state index in [4.69, 9.17) is 19.6 Å². The number of carbonyl (C=O) groups is 1. The van der Waals surface area contributed by atoms with Crippen LogP contribution in [-0.4, -0.2) is 48.4 Å². The summed E-state index contributed by atoms with van der Waals surface area (Å²) in [5.41, 5.74) is 2.53. The Bertz CT molecular complexity index is 1510. The molecular formula is C28H34N8O3. The average Bonchev–Trinajstić information content (AvgIpc) is 3.61. The van der Waals surface area contributed by atoms with Crippen molar-refractivity contribution in [1.29, 1.82) is 0 Å². The van der Waals surface area contributed by atoms with Crippen LogP contribution in [0.1, 0.15) is 58.2 Å². The van der Waals surface area contributed by atoms with E-state index in [1.54, 1.807) is 24.5 Å². The van der Waals surface area contributed by atoms with Gasteiger partial charge in [-0.3, -0.25) is 9.48 Å². The fourth-order valence-electron chi connectivity index (χ4n) is 4.81. The molecule has 11 nitrogen and oxygen atoms in total. The smallest absolute Gasteiger partial charge is 0.228 e. The van der Waals surface area contributed by atoms with Gasteiger partial charge in [0.25, 0.3) is 0 Å². The van der Waals surface area contributed by atoms with E-state index in [1.165, 1.54) is 5.69 Å². The van der Waals surface area contributed by atoms with Crippen LogP contribution < -0.4 is 15.4 Å². The summed E-state index contributed by atoms with van der Waals surface area (Å²) in [7, 11) is 1.93. The molecule has 5 heterocycles. The zero-order valence-electron chi connectivity index (χ0n) is 22.8. The summed E-state index contributed by atoms with van der Waals surface area (Å²) in [6.45, 7) is 8.13. The van der Waals surface area contributed by atoms with E-state index >= 15 is 0 Å². The van der Waals surface area contributed by atoms with Crippen LogP contribution in [0.15, 0.2) is 36.7 Å². The number of hydrogen-bond acceptors (Lipinski definition) is 8. The Morgan fingerprint density at radius 2 is 1.85 bits per heavy atom. The standard InChI is InChI=1S/C28H34N8O3/c1-28(2,3)22-15-24(34-36(22)18-8-11-38-12-9-18)32-27-33-25-21(35(27)4)13-20(16-30-25)39-19-7-10-29-23(14-19)31-26(37)17-5-6-17/h7,10,13-18H,5-6,8-9,11-12H2,1-4H3,(H,29,31,37)(H,30,32,33,34). The van der Waals surface area contributed by atoms with E-state index in [-0.39, 0.29) is 17.2 Å². The summed E-state index contributed by atoms with van der Waals surface area (Å²) in [4.78, 5) is 25.5. The number of hydrogen-bond donors (Lipinski definition) is 2. The fraction of sp³-hybridized carbons (Fsp3) is 0.464. The Morgan fingerprint density at radius 1 is 1.05 bits per heavy atom. The highest BCUT2D eigenvalue weighted by Gasteiger charge is 2.30. The number of aromatic nitrogens is 6. The Labute approximate surface area is 226 Å². The van der Waals surface area contributed by atoms with Gasteiger partial charge in [-0.1, -0.05) is 20.8 Å². The lowest BCUT2D eigenvalue weighted by molar-refractivity contribution is -0.117. The summed E-state index contributed by atoms with van der Waals surface area (Å²) < 4.78 is 15.7. The second kappa shape index (κ2) is 9.96. The van der Waals surface area contributed by atoms with E-state index in [0.29, 0.717) is 35.0 Å². The number of aryl methyl sites for hydroxylation is 1. The molecule has 1 saturated heterocycles. The Hall–Kier alpha value is -3.99. The zero-order chi connectivity index (χ0) is 27.1. The third-order valence-electron chi connectivity index (χ3n) is 7.16. The third-order valence-corrected chi connectivity index (χ3v) is 7.16. The molecule has 204 valence electrons. The van der Waals surface area contributed by atoms with Crippen LogP contribution in [0.3, 0.4) is 0 Å². The second-order valence-electron chi connectivity index (χ2n) is 11.3. The lowest BCUT2D eigenvalue weighted by atomic mass is 9.91. The van der Waals surface area contributed by atoms with E-state index in [9.17, 15) is 4.79 Å². The molecule has 2 aliphatic rings. The second-order valence-corrected chi connectivity index (χ2v) is 11.3. The summed E-state index contributed by atoms with van der Waals surface area (Å²) in [6, 6.07) is 7.78. The van der Waals surface area contributed by atoms with Crippen LogP contribution in [0.5, 0.6) is 11.5 Å². The number of amides is 1. The molecule has 1 aliphatic carbocycles. The van der Waals surface area contributed by atoms with Crippen molar-refractivity contribution in [2.45, 2.75) is 57.9 Å². The Balaban J connectivity index is 1.22. The van der Waals surface area contributed by atoms with Gasteiger partial charge in [0.1, 0.15) is 17.3 Å². The highest BCUT2D eigenvalue weighted by atomic mass is 16.5. The predicted molar refractivity (Wildman–Crippen MR) is 147 cm³/mol. The van der Waals surface area contributed by atoms with Crippen LogP contribution in [0.2, 0.25) is 0 Å². The normalized spacial score (nSPS) is 16.4. The molecule has 1 amide bonds. The molecule has 0 radical (unpaired) electrons. The maximum atomic E-state index is 12.1. The van der Waals surface area contributed by atoms with Crippen LogP contribution in [0, 0.1) is 5.92 Å². The summed E-state index contributed by atoms with van der Waals surface area (Å²) in [6.07, 6.45) is 7.03. The molecule has 0 spiro atoms. The predicted octanol–water partition coefficient (Wildman–Crippen LogP) is 5.09. The first-order valence-corrected chi connectivity index (χ1v) is 13.5. The largest absolute Gasteiger partial charge is 0.455 e. The number of ether oxygens (including phenoxy) is 2. The van der Waals surface area contributed by atoms with Crippen LogP contribution >= 0.6 is 0 Å². The summed E-state index contributed by atoms with van der Waals surface area (Å²) in [5, 5.41) is 11.2. The first kappa shape index (κ1) is 25.3. The quantitative estimate of drug-likeness (QED) is 0.339. The van der Waals surface area contributed by atoms with E-state index in [0.717, 1.165) is 50.2 Å². The van der Waals surface area contributed by atoms with Crippen molar-refractivity contribution in [3.05, 3.63) is 42.4 Å². The molecule has 4 aromatic rings. The molecule has 1 aliphatic heterocycles. The lowest BCUT2D eigenvalue weighted by Crippen LogP contribution is -2.26. The highest BCUT2D eigenvalue weighted by Crippen LogP contribution is 2.33. The van der Waals surface area contributed by atoms with Gasteiger partial charge in [-0.25, -0.2) is 9.97 Å². The van der Waals surface area contributed by atoms with E-state index in [2.05, 4.69) is 52.1 Å². The van der Waals surface area contributed by atoms with Gasteiger partial charge in [0.2, 0.25) is 11.9 Å². The maximum absolute atomic E-state index is 12.1. The number of nitrogens with one attached hydrogen (secondary N) is 2. The van der Waals surface area contributed by atoms with E-state index in [1.807, 2.05) is 17.7 Å². The van der Waals surface area contributed by atoms with Gasteiger partial charge in [0.15, 0.2) is 11.5 Å². The molecule has 0 atom stereocenters. The van der Waals surface area contributed by atoms with Crippen molar-refractivity contribution in [1.82, 2.24) is 29.3 Å². The van der Waals surface area contributed by atoms with Crippen molar-refractivity contribution in [3.8, 4) is 11.5 Å². The fourth-order valence-corrected chi connectivity index (χ4v) is 4.81. The van der Waals surface area contributed by atoms with Crippen LogP contribution in [0.25, 0.3) is 11.2 Å². The van der Waals surface area contributed by atoms with Crippen molar-refractivity contribution in [2.24, 2.45) is 13.0 Å². The highest BCUT2D eigenvalue weighted by molar-refractivity contribution is 5.93. The average molecular weight is 531 g/mol. The first-order chi connectivity index (χ1) is 18.7. The van der Waals surface area contributed by atoms with Crippen molar-refractivity contribution < 1.29 is 14.3 Å². The van der Waals surface area contributed by atoms with Crippen molar-refractivity contribution in [2.75, 3.05) is 23.8 Å². The molecule has 2 fully saturated rings. The van der Waals surface area contributed by atoms with Gasteiger partial charge in [0.05, 0.1) is 17.8 Å². The van der Waals surface area contributed by atoms with Crippen LogP contribution in [0.4, 0.5) is 17.6 Å². The number of anilines is 3. The number of imidazole rings is 1. The number of fused-ring (bicyclic) bond motifs is 1. The molecule has 0 unspecified atom stereocenters. The summed E-state index contributed by atoms with van der Waals surface area (Å²) >= 11 is 0. The minimum Gasteiger partial charge on any atom is -0.455 e. The van der Waals surface area contributed by atoms with Gasteiger partial charge in [-0.2, -0.15) is 10.1 Å². The number of rotatable bonds is 7. The molecule has 0 aromatic carbocycles. The molecule has 11 heteroatoms. The molecule has 6 rings (SSSR count). The number of carbonyl (C=O) groups excluding carboxylic acids is 1. The van der Waals surface area contributed by atoms with Crippen molar-refractivity contribution in [3.63, 3.8) is 0 Å². The minimum atomic E-state index is -0.0566. The van der Waals surface area contributed by atoms with Gasteiger partial charge < -0.3 is 24.7 Å². The third kappa shape index (κ3) is 5.44. The Morgan fingerprint density at radius 3 is 2.59 bits per heavy atom. The van der Waals surface area contributed by atoms with Gasteiger partial charge >= 0.3 is 0 Å². The first-order valence-electron chi connectivity index (χ1n) is 13.5. The SMILES string of the molecule is Cn1c(Nc2cc(C(C)(C)C)n(C3CCOCC3)n2)nc2ncc(Oc3ccnc(NC(=O)C4CC4)c3)cc21. The zero-order valence-corrected chi connectivity index (χ0v) is 22.8. The molecule has 39 heavy (non-hydrogen) atoms. The van der Waals surface area contributed by atoms with E-state index < -0.39 is 0 Å². The van der Waals surface area contributed by atoms with Gasteiger partial charge in [-0.15, -0.1) is 0 Å². The molecular weight excluding hydrogens is 496 g/mol. The summed E-state index contributed by atoms with van der Waals surface area (Å²) in [5.74, 6) is 3.09. The topological polar surface area (TPSA) is 121 Å². The molecule has 0 bridgehead atoms. The minimum absolute atomic E-state index is 0.00450. The number of nitrogens with zero attached hydrogens (tertiary/aromatic N) is 6.